The van der Waals surface area contributed by atoms with Crippen molar-refractivity contribution in [3.05, 3.63) is 35.9 Å². The molecule has 1 saturated carbocycles. The zero-order chi connectivity index (χ0) is 13.1. The Hall–Kier alpha value is -1.64. The number of ketones is 1. The lowest BCUT2D eigenvalue weighted by molar-refractivity contribution is -0.145. The van der Waals surface area contributed by atoms with Gasteiger partial charge in [0, 0.05) is 12.3 Å². The molecule has 0 saturated heterocycles. The Labute approximate surface area is 107 Å². The second-order valence-corrected chi connectivity index (χ2v) is 5.01. The molecule has 3 nitrogen and oxygen atoms in total. The summed E-state index contributed by atoms with van der Waals surface area (Å²) in [6.45, 7) is 3.92. The van der Waals surface area contributed by atoms with E-state index in [0.717, 1.165) is 5.56 Å². The topological polar surface area (TPSA) is 43.4 Å². The van der Waals surface area contributed by atoms with Gasteiger partial charge in [-0.2, -0.15) is 0 Å². The number of esters is 1. The largest absolute Gasteiger partial charge is 0.461 e. The Kier molecular flexibility index (Phi) is 3.80. The SMILES string of the molecule is CC(=O)[C@H]1[C@@H](C)[C@H]1CC(=O)OCc1ccccc1. The van der Waals surface area contributed by atoms with Crippen molar-refractivity contribution in [3.8, 4) is 0 Å². The highest BCUT2D eigenvalue weighted by molar-refractivity contribution is 5.83. The monoisotopic (exact) mass is 246 g/mol. The van der Waals surface area contributed by atoms with Crippen molar-refractivity contribution < 1.29 is 14.3 Å². The van der Waals surface area contributed by atoms with Crippen molar-refractivity contribution in [2.24, 2.45) is 17.8 Å². The van der Waals surface area contributed by atoms with Gasteiger partial charge in [-0.25, -0.2) is 0 Å². The van der Waals surface area contributed by atoms with Gasteiger partial charge in [0.05, 0.1) is 0 Å². The van der Waals surface area contributed by atoms with Gasteiger partial charge in [-0.05, 0) is 24.3 Å². The number of benzene rings is 1. The summed E-state index contributed by atoms with van der Waals surface area (Å²) >= 11 is 0. The number of Topliss-reactive ketones (excluding diaryl/α,β-unsaturated/α-hetero) is 1. The summed E-state index contributed by atoms with van der Waals surface area (Å²) in [6, 6.07) is 9.60. The molecule has 0 amide bonds. The summed E-state index contributed by atoms with van der Waals surface area (Å²) < 4.78 is 5.21. The van der Waals surface area contributed by atoms with Crippen LogP contribution in [0.25, 0.3) is 0 Å². The summed E-state index contributed by atoms with van der Waals surface area (Å²) in [5.74, 6) is 0.551. The van der Waals surface area contributed by atoms with Gasteiger partial charge in [0.1, 0.15) is 12.4 Å². The van der Waals surface area contributed by atoms with Crippen LogP contribution in [-0.2, 0) is 20.9 Å². The number of ether oxygens (including phenoxy) is 1. The van der Waals surface area contributed by atoms with E-state index in [-0.39, 0.29) is 23.6 Å². The van der Waals surface area contributed by atoms with Crippen molar-refractivity contribution in [1.29, 1.82) is 0 Å². The van der Waals surface area contributed by atoms with Crippen molar-refractivity contribution in [2.75, 3.05) is 0 Å². The first kappa shape index (κ1) is 12.8. The smallest absolute Gasteiger partial charge is 0.306 e. The molecule has 1 aromatic rings. The molecule has 18 heavy (non-hydrogen) atoms. The van der Waals surface area contributed by atoms with Crippen molar-refractivity contribution in [1.82, 2.24) is 0 Å². The average molecular weight is 246 g/mol. The van der Waals surface area contributed by atoms with Crippen LogP contribution >= 0.6 is 0 Å². The highest BCUT2D eigenvalue weighted by Gasteiger charge is 2.50. The van der Waals surface area contributed by atoms with Gasteiger partial charge < -0.3 is 4.74 Å². The van der Waals surface area contributed by atoms with Crippen LogP contribution in [0.3, 0.4) is 0 Å². The molecule has 0 bridgehead atoms. The zero-order valence-electron chi connectivity index (χ0n) is 10.8. The van der Waals surface area contributed by atoms with E-state index >= 15 is 0 Å². The molecule has 1 aromatic carbocycles. The maximum Gasteiger partial charge on any atom is 0.306 e. The predicted octanol–water partition coefficient (Wildman–Crippen LogP) is 2.59. The van der Waals surface area contributed by atoms with E-state index in [1.807, 2.05) is 37.3 Å². The molecule has 2 rings (SSSR count). The van der Waals surface area contributed by atoms with Crippen LogP contribution in [0, 0.1) is 17.8 Å². The van der Waals surface area contributed by atoms with Crippen LogP contribution in [0.2, 0.25) is 0 Å². The third-order valence-corrected chi connectivity index (χ3v) is 3.68. The molecule has 3 atom stereocenters. The molecular formula is C15H18O3. The van der Waals surface area contributed by atoms with Gasteiger partial charge in [-0.3, -0.25) is 9.59 Å². The summed E-state index contributed by atoms with van der Waals surface area (Å²) in [5.41, 5.74) is 0.984. The van der Waals surface area contributed by atoms with E-state index in [1.165, 1.54) is 0 Å². The Morgan fingerprint density at radius 2 is 1.89 bits per heavy atom. The molecule has 0 spiro atoms. The van der Waals surface area contributed by atoms with Gasteiger partial charge in [-0.1, -0.05) is 37.3 Å². The standard InChI is InChI=1S/C15H18O3/c1-10-13(15(10)11(2)16)8-14(17)18-9-12-6-4-3-5-7-12/h3-7,10,13,15H,8-9H2,1-2H3/t10-,13+,15+/m0/s1. The fourth-order valence-corrected chi connectivity index (χ4v) is 2.52. The Balaban J connectivity index is 1.75. The Morgan fingerprint density at radius 1 is 1.22 bits per heavy atom. The highest BCUT2D eigenvalue weighted by atomic mass is 16.5. The molecule has 0 radical (unpaired) electrons. The Morgan fingerprint density at radius 3 is 2.44 bits per heavy atom. The molecule has 96 valence electrons. The van der Waals surface area contributed by atoms with Gasteiger partial charge in [0.2, 0.25) is 0 Å². The lowest BCUT2D eigenvalue weighted by atomic mass is 10.2. The van der Waals surface area contributed by atoms with E-state index in [0.29, 0.717) is 18.9 Å². The second-order valence-electron chi connectivity index (χ2n) is 5.01. The first-order valence-electron chi connectivity index (χ1n) is 6.29. The minimum absolute atomic E-state index is 0.0641. The summed E-state index contributed by atoms with van der Waals surface area (Å²) in [5, 5.41) is 0. The van der Waals surface area contributed by atoms with Crippen LogP contribution in [-0.4, -0.2) is 11.8 Å². The van der Waals surface area contributed by atoms with E-state index in [4.69, 9.17) is 4.74 Å². The molecule has 0 N–H and O–H groups in total. The predicted molar refractivity (Wildman–Crippen MR) is 67.7 cm³/mol. The molecular weight excluding hydrogens is 228 g/mol. The van der Waals surface area contributed by atoms with E-state index in [9.17, 15) is 9.59 Å². The highest BCUT2D eigenvalue weighted by Crippen LogP contribution is 2.48. The lowest BCUT2D eigenvalue weighted by Gasteiger charge is -2.04. The molecule has 0 aromatic heterocycles. The maximum absolute atomic E-state index is 11.6. The van der Waals surface area contributed by atoms with Crippen LogP contribution < -0.4 is 0 Å². The van der Waals surface area contributed by atoms with Crippen molar-refractivity contribution in [3.63, 3.8) is 0 Å². The van der Waals surface area contributed by atoms with E-state index < -0.39 is 0 Å². The maximum atomic E-state index is 11.6. The molecule has 3 heteroatoms. The number of carbonyl (C=O) groups is 2. The quantitative estimate of drug-likeness (QED) is 0.750. The zero-order valence-corrected chi connectivity index (χ0v) is 10.8. The average Bonchev–Trinajstić information content (AvgIpc) is 2.98. The van der Waals surface area contributed by atoms with Crippen LogP contribution in [0.4, 0.5) is 0 Å². The molecule has 1 aliphatic rings. The minimum atomic E-state index is -0.209. The summed E-state index contributed by atoms with van der Waals surface area (Å²) in [7, 11) is 0. The second kappa shape index (κ2) is 5.34. The molecule has 0 heterocycles. The molecule has 0 unspecified atom stereocenters. The number of hydrogen-bond donors (Lipinski definition) is 0. The third kappa shape index (κ3) is 2.97. The van der Waals surface area contributed by atoms with Gasteiger partial charge >= 0.3 is 5.97 Å². The van der Waals surface area contributed by atoms with Crippen molar-refractivity contribution in [2.45, 2.75) is 26.9 Å². The van der Waals surface area contributed by atoms with Crippen LogP contribution in [0.1, 0.15) is 25.8 Å². The van der Waals surface area contributed by atoms with Gasteiger partial charge in [0.25, 0.3) is 0 Å². The normalized spacial score (nSPS) is 25.6. The third-order valence-electron chi connectivity index (χ3n) is 3.68. The Bertz CT molecular complexity index is 438. The number of hydrogen-bond acceptors (Lipinski definition) is 3. The van der Waals surface area contributed by atoms with E-state index in [2.05, 4.69) is 0 Å². The van der Waals surface area contributed by atoms with Crippen LogP contribution in [0.5, 0.6) is 0 Å². The first-order chi connectivity index (χ1) is 8.59. The minimum Gasteiger partial charge on any atom is -0.461 e. The fourth-order valence-electron chi connectivity index (χ4n) is 2.52. The van der Waals surface area contributed by atoms with Gasteiger partial charge in [-0.15, -0.1) is 0 Å². The van der Waals surface area contributed by atoms with Crippen LogP contribution in [0.15, 0.2) is 30.3 Å². The summed E-state index contributed by atoms with van der Waals surface area (Å²) in [6.07, 6.45) is 0.359. The molecule has 1 aliphatic carbocycles. The van der Waals surface area contributed by atoms with Gasteiger partial charge in [0.15, 0.2) is 0 Å². The van der Waals surface area contributed by atoms with E-state index in [1.54, 1.807) is 6.92 Å². The lowest BCUT2D eigenvalue weighted by Crippen LogP contribution is -2.07. The summed E-state index contributed by atoms with van der Waals surface area (Å²) in [4.78, 5) is 22.9. The number of rotatable bonds is 5. The fraction of sp³-hybridized carbons (Fsp3) is 0.467. The van der Waals surface area contributed by atoms with Crippen molar-refractivity contribution >= 4 is 11.8 Å². The molecule has 1 fully saturated rings. The number of carbonyl (C=O) groups excluding carboxylic acids is 2. The first-order valence-corrected chi connectivity index (χ1v) is 6.29. The molecule has 0 aliphatic heterocycles.